The molecule has 0 radical (unpaired) electrons. The molecule has 0 amide bonds. The lowest BCUT2D eigenvalue weighted by molar-refractivity contribution is 0.151. The SMILES string of the molecule is CC.OCc1cccc(C(F)F)c1.[HH]. The van der Waals surface area contributed by atoms with Crippen molar-refractivity contribution in [3.8, 4) is 0 Å². The first-order valence-electron chi connectivity index (χ1n) is 4.22. The monoisotopic (exact) mass is 190 g/mol. The third-order valence-electron chi connectivity index (χ3n) is 1.39. The van der Waals surface area contributed by atoms with Crippen molar-refractivity contribution < 1.29 is 15.3 Å². The number of benzene rings is 1. The van der Waals surface area contributed by atoms with Crippen LogP contribution in [0.25, 0.3) is 0 Å². The van der Waals surface area contributed by atoms with Crippen molar-refractivity contribution in [3.05, 3.63) is 35.4 Å². The van der Waals surface area contributed by atoms with Gasteiger partial charge in [-0.2, -0.15) is 0 Å². The number of halogens is 2. The van der Waals surface area contributed by atoms with Gasteiger partial charge in [0, 0.05) is 6.99 Å². The van der Waals surface area contributed by atoms with Gasteiger partial charge in [0.25, 0.3) is 6.43 Å². The molecule has 0 aromatic heterocycles. The molecule has 0 aliphatic carbocycles. The third kappa shape index (κ3) is 3.99. The highest BCUT2D eigenvalue weighted by molar-refractivity contribution is 5.23. The van der Waals surface area contributed by atoms with Gasteiger partial charge < -0.3 is 5.11 Å². The van der Waals surface area contributed by atoms with E-state index in [1.807, 2.05) is 13.8 Å². The number of rotatable bonds is 2. The second-order valence-electron chi connectivity index (χ2n) is 2.20. The predicted molar refractivity (Wildman–Crippen MR) is 50.8 cm³/mol. The lowest BCUT2D eigenvalue weighted by atomic mass is 10.1. The van der Waals surface area contributed by atoms with Gasteiger partial charge >= 0.3 is 0 Å². The van der Waals surface area contributed by atoms with Crippen molar-refractivity contribution in [1.82, 2.24) is 0 Å². The van der Waals surface area contributed by atoms with E-state index in [-0.39, 0.29) is 13.6 Å². The second-order valence-corrected chi connectivity index (χ2v) is 2.20. The smallest absolute Gasteiger partial charge is 0.263 e. The fourth-order valence-electron chi connectivity index (χ4n) is 0.827. The molecular formula is C10H16F2O. The lowest BCUT2D eigenvalue weighted by Crippen LogP contribution is -1.87. The number of aliphatic hydroxyl groups excluding tert-OH is 1. The summed E-state index contributed by atoms with van der Waals surface area (Å²) in [6, 6.07) is 5.74. The van der Waals surface area contributed by atoms with Crippen LogP contribution >= 0.6 is 0 Å². The van der Waals surface area contributed by atoms with Crippen LogP contribution in [0.1, 0.15) is 32.8 Å². The van der Waals surface area contributed by atoms with E-state index in [0.717, 1.165) is 0 Å². The molecule has 0 saturated carbocycles. The minimum Gasteiger partial charge on any atom is -0.392 e. The summed E-state index contributed by atoms with van der Waals surface area (Å²) in [6.45, 7) is 3.81. The van der Waals surface area contributed by atoms with E-state index in [1.165, 1.54) is 18.2 Å². The van der Waals surface area contributed by atoms with Gasteiger partial charge in [0.05, 0.1) is 6.61 Å². The molecule has 0 aliphatic rings. The van der Waals surface area contributed by atoms with Crippen molar-refractivity contribution in [2.45, 2.75) is 26.9 Å². The predicted octanol–water partition coefficient (Wildman–Crippen LogP) is 3.39. The maximum Gasteiger partial charge on any atom is 0.263 e. The molecule has 3 heteroatoms. The molecule has 1 rings (SSSR count). The van der Waals surface area contributed by atoms with Crippen molar-refractivity contribution in [1.29, 1.82) is 0 Å². The Morgan fingerprint density at radius 3 is 2.46 bits per heavy atom. The summed E-state index contributed by atoms with van der Waals surface area (Å²) in [6.07, 6.45) is -2.46. The van der Waals surface area contributed by atoms with Gasteiger partial charge in [-0.25, -0.2) is 8.78 Å². The van der Waals surface area contributed by atoms with Crippen LogP contribution in [0.3, 0.4) is 0 Å². The van der Waals surface area contributed by atoms with Crippen LogP contribution in [0.5, 0.6) is 0 Å². The van der Waals surface area contributed by atoms with Gasteiger partial charge in [0.1, 0.15) is 0 Å². The van der Waals surface area contributed by atoms with E-state index >= 15 is 0 Å². The Morgan fingerprint density at radius 1 is 1.38 bits per heavy atom. The first-order chi connectivity index (χ1) is 6.24. The lowest BCUT2D eigenvalue weighted by Gasteiger charge is -2.00. The summed E-state index contributed by atoms with van der Waals surface area (Å²) in [5.41, 5.74) is 0.472. The molecule has 0 aliphatic heterocycles. The summed E-state index contributed by atoms with van der Waals surface area (Å²) < 4.78 is 24.0. The van der Waals surface area contributed by atoms with Gasteiger partial charge in [0.15, 0.2) is 0 Å². The molecule has 0 unspecified atom stereocenters. The first kappa shape index (κ1) is 12.0. The van der Waals surface area contributed by atoms with Crippen molar-refractivity contribution in [2.75, 3.05) is 0 Å². The highest BCUT2D eigenvalue weighted by Crippen LogP contribution is 2.19. The minimum absolute atomic E-state index is 0. The maximum absolute atomic E-state index is 12.0. The molecule has 0 heterocycles. The van der Waals surface area contributed by atoms with Crippen LogP contribution in [0.15, 0.2) is 24.3 Å². The average Bonchev–Trinajstić information content (AvgIpc) is 2.21. The molecule has 76 valence electrons. The topological polar surface area (TPSA) is 20.2 Å². The normalized spacial score (nSPS) is 9.38. The van der Waals surface area contributed by atoms with Gasteiger partial charge in [-0.05, 0) is 11.6 Å². The van der Waals surface area contributed by atoms with Gasteiger partial charge in [-0.3, -0.25) is 0 Å². The zero-order chi connectivity index (χ0) is 10.3. The molecule has 13 heavy (non-hydrogen) atoms. The molecule has 1 aromatic rings. The fraction of sp³-hybridized carbons (Fsp3) is 0.400. The fourth-order valence-corrected chi connectivity index (χ4v) is 0.827. The highest BCUT2D eigenvalue weighted by atomic mass is 19.3. The van der Waals surface area contributed by atoms with E-state index in [9.17, 15) is 8.78 Å². The molecule has 1 N–H and O–H groups in total. The van der Waals surface area contributed by atoms with Crippen LogP contribution in [0.4, 0.5) is 8.78 Å². The molecule has 0 atom stereocenters. The molecule has 0 spiro atoms. The van der Waals surface area contributed by atoms with Crippen LogP contribution in [0.2, 0.25) is 0 Å². The number of hydrogen-bond acceptors (Lipinski definition) is 1. The van der Waals surface area contributed by atoms with E-state index in [0.29, 0.717) is 5.56 Å². The third-order valence-corrected chi connectivity index (χ3v) is 1.39. The first-order valence-corrected chi connectivity index (χ1v) is 4.22. The van der Waals surface area contributed by atoms with Crippen LogP contribution in [0, 0.1) is 0 Å². The summed E-state index contributed by atoms with van der Waals surface area (Å²) in [5.74, 6) is 0. The summed E-state index contributed by atoms with van der Waals surface area (Å²) in [4.78, 5) is 0. The second kappa shape index (κ2) is 6.54. The molecular weight excluding hydrogens is 174 g/mol. The van der Waals surface area contributed by atoms with Crippen LogP contribution in [-0.4, -0.2) is 5.11 Å². The molecule has 0 saturated heterocycles. The Bertz CT molecular complexity index is 241. The van der Waals surface area contributed by atoms with Gasteiger partial charge in [-0.15, -0.1) is 0 Å². The molecule has 0 fully saturated rings. The number of hydrogen-bond donors (Lipinski definition) is 1. The minimum atomic E-state index is -2.46. The van der Waals surface area contributed by atoms with E-state index in [1.54, 1.807) is 6.07 Å². The molecule has 0 bridgehead atoms. The van der Waals surface area contributed by atoms with Gasteiger partial charge in [0.2, 0.25) is 0 Å². The summed E-state index contributed by atoms with van der Waals surface area (Å²) in [5, 5.41) is 8.60. The molecule has 1 nitrogen and oxygen atoms in total. The molecule has 1 aromatic carbocycles. The standard InChI is InChI=1S/C8H8F2O.C2H6.H2/c9-8(10)7-3-1-2-6(4-7)5-11;1-2;/h1-4,8,11H,5H2;1-2H3;1H. The Labute approximate surface area is 78.5 Å². The average molecular weight is 190 g/mol. The van der Waals surface area contributed by atoms with E-state index in [2.05, 4.69) is 0 Å². The van der Waals surface area contributed by atoms with E-state index < -0.39 is 6.43 Å². The van der Waals surface area contributed by atoms with Crippen molar-refractivity contribution in [3.63, 3.8) is 0 Å². The highest BCUT2D eigenvalue weighted by Gasteiger charge is 2.05. The van der Waals surface area contributed by atoms with Crippen LogP contribution in [-0.2, 0) is 6.61 Å². The maximum atomic E-state index is 12.0. The largest absolute Gasteiger partial charge is 0.392 e. The zero-order valence-electron chi connectivity index (χ0n) is 7.80. The summed E-state index contributed by atoms with van der Waals surface area (Å²) >= 11 is 0. The van der Waals surface area contributed by atoms with Crippen molar-refractivity contribution >= 4 is 0 Å². The Balaban J connectivity index is 0. The Kier molecular flexibility index (Phi) is 6.06. The Hall–Kier alpha value is -0.960. The van der Waals surface area contributed by atoms with E-state index in [4.69, 9.17) is 5.11 Å². The zero-order valence-corrected chi connectivity index (χ0v) is 7.80. The number of aliphatic hydroxyl groups is 1. The number of alkyl halides is 2. The summed E-state index contributed by atoms with van der Waals surface area (Å²) in [7, 11) is 0. The van der Waals surface area contributed by atoms with Gasteiger partial charge in [-0.1, -0.05) is 32.0 Å². The van der Waals surface area contributed by atoms with Crippen molar-refractivity contribution in [2.24, 2.45) is 0 Å². The Morgan fingerprint density at radius 2 is 2.00 bits per heavy atom. The quantitative estimate of drug-likeness (QED) is 0.757. The van der Waals surface area contributed by atoms with Crippen LogP contribution < -0.4 is 0 Å².